The molecule has 0 saturated heterocycles. The molecule has 0 amide bonds. The summed E-state index contributed by atoms with van der Waals surface area (Å²) in [6, 6.07) is 5.72. The highest BCUT2D eigenvalue weighted by Crippen LogP contribution is 2.30. The minimum Gasteiger partial charge on any atom is -0.450 e. The number of hydrogen-bond acceptors (Lipinski definition) is 4. The monoisotopic (exact) mass is 472 g/mol. The maximum Gasteiger partial charge on any atom is 0.426 e. The molecule has 0 saturated carbocycles. The second-order valence-corrected chi connectivity index (χ2v) is 7.31. The normalized spacial score (nSPS) is 15.2. The van der Waals surface area contributed by atoms with Gasteiger partial charge >= 0.3 is 12.1 Å². The molecule has 1 aromatic rings. The predicted octanol–water partition coefficient (Wildman–Crippen LogP) is 3.18. The van der Waals surface area contributed by atoms with Crippen molar-refractivity contribution >= 4 is 50.3 Å². The quantitative estimate of drug-likeness (QED) is 0.308. The Morgan fingerprint density at radius 3 is 2.23 bits per heavy atom. The summed E-state index contributed by atoms with van der Waals surface area (Å²) in [6.45, 7) is 0. The van der Waals surface area contributed by atoms with Gasteiger partial charge in [0.1, 0.15) is 9.68 Å². The third-order valence-electron chi connectivity index (χ3n) is 2.36. The van der Waals surface area contributed by atoms with E-state index in [0.717, 1.165) is 0 Å². The van der Waals surface area contributed by atoms with Gasteiger partial charge in [-0.2, -0.15) is 21.6 Å². The molecule has 0 bridgehead atoms. The van der Waals surface area contributed by atoms with Crippen LogP contribution < -0.4 is 0 Å². The SMILES string of the molecule is O=C(OC(CS(=O)(=O)O)C(F)(F)F)C(I)c1ccc(Cl)cc1. The number of esters is 1. The lowest BCUT2D eigenvalue weighted by molar-refractivity contribution is -0.214. The van der Waals surface area contributed by atoms with Gasteiger partial charge in [-0.15, -0.1) is 0 Å². The molecule has 1 aromatic carbocycles. The summed E-state index contributed by atoms with van der Waals surface area (Å²) in [4.78, 5) is 11.7. The van der Waals surface area contributed by atoms with E-state index in [2.05, 4.69) is 4.74 Å². The van der Waals surface area contributed by atoms with Crippen molar-refractivity contribution in [3.8, 4) is 0 Å². The summed E-state index contributed by atoms with van der Waals surface area (Å²) in [7, 11) is -4.97. The van der Waals surface area contributed by atoms with Crippen LogP contribution in [0.1, 0.15) is 9.49 Å². The maximum absolute atomic E-state index is 12.7. The first-order chi connectivity index (χ1) is 9.90. The Labute approximate surface area is 142 Å². The van der Waals surface area contributed by atoms with Gasteiger partial charge in [-0.25, -0.2) is 0 Å². The molecule has 2 unspecified atom stereocenters. The van der Waals surface area contributed by atoms with Crippen LogP contribution in [0.4, 0.5) is 13.2 Å². The number of carbonyl (C=O) groups is 1. The van der Waals surface area contributed by atoms with Crippen LogP contribution in [0.15, 0.2) is 24.3 Å². The third kappa shape index (κ3) is 6.26. The number of hydrogen-bond donors (Lipinski definition) is 1. The minimum absolute atomic E-state index is 0.336. The number of carbonyl (C=O) groups excluding carboxylic acids is 1. The maximum atomic E-state index is 12.7. The average molecular weight is 473 g/mol. The Balaban J connectivity index is 2.88. The number of halogens is 5. The first kappa shape index (κ1) is 19.5. The molecule has 0 aliphatic rings. The molecule has 0 radical (unpaired) electrons. The zero-order valence-corrected chi connectivity index (χ0v) is 14.3. The van der Waals surface area contributed by atoms with Gasteiger partial charge in [0.2, 0.25) is 6.10 Å². The molecular formula is C11H9ClF3IO5S. The van der Waals surface area contributed by atoms with E-state index in [1.807, 2.05) is 0 Å². The molecule has 0 aliphatic carbocycles. The Morgan fingerprint density at radius 1 is 1.32 bits per heavy atom. The minimum atomic E-state index is -5.12. The van der Waals surface area contributed by atoms with Crippen molar-refractivity contribution in [3.63, 3.8) is 0 Å². The lowest BCUT2D eigenvalue weighted by atomic mass is 10.1. The van der Waals surface area contributed by atoms with E-state index >= 15 is 0 Å². The Kier molecular flexibility index (Phi) is 6.47. The van der Waals surface area contributed by atoms with Gasteiger partial charge in [0.25, 0.3) is 10.1 Å². The van der Waals surface area contributed by atoms with Gasteiger partial charge in [-0.05, 0) is 17.7 Å². The molecule has 0 aliphatic heterocycles. The fourth-order valence-electron chi connectivity index (χ4n) is 1.35. The van der Waals surface area contributed by atoms with Crippen LogP contribution in [0.5, 0.6) is 0 Å². The molecular weight excluding hydrogens is 464 g/mol. The second-order valence-electron chi connectivity index (χ2n) is 4.13. The lowest BCUT2D eigenvalue weighted by Crippen LogP contribution is -2.40. The highest BCUT2D eigenvalue weighted by molar-refractivity contribution is 14.1. The lowest BCUT2D eigenvalue weighted by Gasteiger charge is -2.21. The van der Waals surface area contributed by atoms with E-state index in [1.165, 1.54) is 24.3 Å². The second kappa shape index (κ2) is 7.32. The van der Waals surface area contributed by atoms with E-state index in [9.17, 15) is 26.4 Å². The fraction of sp³-hybridized carbons (Fsp3) is 0.364. The van der Waals surface area contributed by atoms with Crippen LogP contribution in [-0.2, 0) is 19.6 Å². The van der Waals surface area contributed by atoms with E-state index in [4.69, 9.17) is 16.2 Å². The van der Waals surface area contributed by atoms with E-state index in [1.54, 1.807) is 22.6 Å². The largest absolute Gasteiger partial charge is 0.450 e. The summed E-state index contributed by atoms with van der Waals surface area (Å²) in [5.74, 6) is -3.04. The highest BCUT2D eigenvalue weighted by atomic mass is 127. The summed E-state index contributed by atoms with van der Waals surface area (Å²) in [5.41, 5.74) is 0.336. The van der Waals surface area contributed by atoms with Crippen LogP contribution in [0, 0.1) is 0 Å². The number of rotatable bonds is 5. The van der Waals surface area contributed by atoms with Crippen molar-refractivity contribution in [3.05, 3.63) is 34.9 Å². The van der Waals surface area contributed by atoms with Gasteiger partial charge in [-0.3, -0.25) is 9.35 Å². The Hall–Kier alpha value is -0.590. The van der Waals surface area contributed by atoms with E-state index in [-0.39, 0.29) is 0 Å². The van der Waals surface area contributed by atoms with Crippen LogP contribution in [0.2, 0.25) is 5.02 Å². The predicted molar refractivity (Wildman–Crippen MR) is 80.6 cm³/mol. The third-order valence-corrected chi connectivity index (χ3v) is 4.56. The molecule has 11 heteroatoms. The molecule has 22 heavy (non-hydrogen) atoms. The molecule has 0 aromatic heterocycles. The van der Waals surface area contributed by atoms with E-state index < -0.39 is 38.0 Å². The Bertz CT molecular complexity index is 632. The van der Waals surface area contributed by atoms with Crippen molar-refractivity contribution < 1.29 is 35.7 Å². The van der Waals surface area contributed by atoms with Gasteiger partial charge in [0, 0.05) is 5.02 Å². The molecule has 0 fully saturated rings. The standard InChI is InChI=1S/C11H9ClF3IO5S/c12-7-3-1-6(2-4-7)9(16)10(17)21-8(11(13,14)15)5-22(18,19)20/h1-4,8-9H,5H2,(H,18,19,20). The zero-order valence-electron chi connectivity index (χ0n) is 10.5. The van der Waals surface area contributed by atoms with Crippen LogP contribution in [0.25, 0.3) is 0 Å². The number of ether oxygens (including phenoxy) is 1. The summed E-state index contributed by atoms with van der Waals surface area (Å²) < 4.78 is 70.8. The van der Waals surface area contributed by atoms with Gasteiger partial charge in [0.15, 0.2) is 0 Å². The number of benzene rings is 1. The van der Waals surface area contributed by atoms with Crippen LogP contribution in [-0.4, -0.2) is 37.0 Å². The summed E-state index contributed by atoms with van der Waals surface area (Å²) in [6.07, 6.45) is -8.07. The topological polar surface area (TPSA) is 80.7 Å². The number of alkyl halides is 4. The van der Waals surface area contributed by atoms with Gasteiger partial charge in [0.05, 0.1) is 0 Å². The van der Waals surface area contributed by atoms with Crippen molar-refractivity contribution in [2.24, 2.45) is 0 Å². The van der Waals surface area contributed by atoms with Crippen molar-refractivity contribution in [1.82, 2.24) is 0 Å². The first-order valence-corrected chi connectivity index (χ1v) is 8.75. The van der Waals surface area contributed by atoms with Crippen molar-refractivity contribution in [2.75, 3.05) is 5.75 Å². The highest BCUT2D eigenvalue weighted by Gasteiger charge is 2.46. The first-order valence-electron chi connectivity index (χ1n) is 5.52. The van der Waals surface area contributed by atoms with Gasteiger partial charge in [-0.1, -0.05) is 46.3 Å². The fourth-order valence-corrected chi connectivity index (χ4v) is 2.68. The molecule has 5 nitrogen and oxygen atoms in total. The zero-order chi connectivity index (χ0) is 17.1. The van der Waals surface area contributed by atoms with Crippen molar-refractivity contribution in [1.29, 1.82) is 0 Å². The summed E-state index contributed by atoms with van der Waals surface area (Å²) in [5, 5.41) is 0.375. The Morgan fingerprint density at radius 2 is 1.82 bits per heavy atom. The van der Waals surface area contributed by atoms with Gasteiger partial charge < -0.3 is 4.74 Å². The van der Waals surface area contributed by atoms with Crippen LogP contribution in [0.3, 0.4) is 0 Å². The summed E-state index contributed by atoms with van der Waals surface area (Å²) >= 11 is 7.20. The molecule has 2 atom stereocenters. The van der Waals surface area contributed by atoms with Crippen LogP contribution >= 0.6 is 34.2 Å². The van der Waals surface area contributed by atoms with Crippen molar-refractivity contribution in [2.45, 2.75) is 16.2 Å². The smallest absolute Gasteiger partial charge is 0.426 e. The molecule has 124 valence electrons. The van der Waals surface area contributed by atoms with E-state index in [0.29, 0.717) is 10.6 Å². The molecule has 0 spiro atoms. The molecule has 1 N–H and O–H groups in total. The average Bonchev–Trinajstić information content (AvgIpc) is 2.35. The molecule has 1 rings (SSSR count). The molecule has 0 heterocycles.